The number of halogens is 1. The molecule has 1 nitrogen and oxygen atoms in total. The Morgan fingerprint density at radius 1 is 1.43 bits per heavy atom. The van der Waals surface area contributed by atoms with Crippen molar-refractivity contribution in [2.75, 3.05) is 11.9 Å². The van der Waals surface area contributed by atoms with E-state index in [0.717, 1.165) is 11.6 Å². The number of rotatable bonds is 1. The molecule has 0 saturated heterocycles. The predicted octanol–water partition coefficient (Wildman–Crippen LogP) is 3.90. The molecular formula is C12H16ClN. The van der Waals surface area contributed by atoms with Crippen LogP contribution in [0.3, 0.4) is 0 Å². The maximum atomic E-state index is 5.96. The molecule has 76 valence electrons. The summed E-state index contributed by atoms with van der Waals surface area (Å²) in [6, 6.07) is 6.18. The molecule has 0 fully saturated rings. The van der Waals surface area contributed by atoms with Gasteiger partial charge in [0.25, 0.3) is 0 Å². The molecule has 1 aromatic carbocycles. The molecule has 0 aromatic heterocycles. The quantitative estimate of drug-likeness (QED) is 0.740. The molecule has 0 unspecified atom stereocenters. The first-order valence-electron chi connectivity index (χ1n) is 5.22. The van der Waals surface area contributed by atoms with Crippen molar-refractivity contribution in [1.29, 1.82) is 0 Å². The highest BCUT2D eigenvalue weighted by Crippen LogP contribution is 2.37. The maximum Gasteiger partial charge on any atom is 0.0426 e. The second kappa shape index (κ2) is 3.82. The first kappa shape index (κ1) is 9.85. The molecule has 0 spiro atoms. The number of hydrogen-bond acceptors (Lipinski definition) is 1. The van der Waals surface area contributed by atoms with Crippen LogP contribution in [-0.2, 0) is 0 Å². The van der Waals surface area contributed by atoms with Crippen molar-refractivity contribution in [2.45, 2.75) is 26.2 Å². The van der Waals surface area contributed by atoms with Gasteiger partial charge < -0.3 is 5.32 Å². The fourth-order valence-corrected chi connectivity index (χ4v) is 2.39. The van der Waals surface area contributed by atoms with Crippen molar-refractivity contribution in [3.63, 3.8) is 0 Å². The van der Waals surface area contributed by atoms with Crippen LogP contribution in [0, 0.1) is 5.92 Å². The molecule has 0 saturated carbocycles. The van der Waals surface area contributed by atoms with E-state index in [4.69, 9.17) is 11.6 Å². The zero-order chi connectivity index (χ0) is 10.1. The number of benzene rings is 1. The van der Waals surface area contributed by atoms with E-state index in [-0.39, 0.29) is 0 Å². The third-order valence-electron chi connectivity index (χ3n) is 2.99. The zero-order valence-corrected chi connectivity index (χ0v) is 9.43. The maximum absolute atomic E-state index is 5.96. The van der Waals surface area contributed by atoms with E-state index in [1.807, 2.05) is 12.1 Å². The summed E-state index contributed by atoms with van der Waals surface area (Å²) in [4.78, 5) is 0. The summed E-state index contributed by atoms with van der Waals surface area (Å²) in [6.45, 7) is 5.64. The molecular weight excluding hydrogens is 194 g/mol. The van der Waals surface area contributed by atoms with Crippen LogP contribution in [0.5, 0.6) is 0 Å². The van der Waals surface area contributed by atoms with E-state index in [1.165, 1.54) is 17.7 Å². The van der Waals surface area contributed by atoms with Crippen LogP contribution in [0.1, 0.15) is 31.7 Å². The van der Waals surface area contributed by atoms with Gasteiger partial charge in [0.1, 0.15) is 0 Å². The topological polar surface area (TPSA) is 12.0 Å². The number of anilines is 1. The molecule has 0 amide bonds. The minimum atomic E-state index is 0.684. The first-order chi connectivity index (χ1) is 6.68. The molecule has 1 aliphatic heterocycles. The van der Waals surface area contributed by atoms with Crippen LogP contribution >= 0.6 is 11.6 Å². The van der Waals surface area contributed by atoms with Crippen LogP contribution in [-0.4, -0.2) is 6.54 Å². The minimum absolute atomic E-state index is 0.684. The molecule has 0 aliphatic carbocycles. The fourth-order valence-electron chi connectivity index (χ4n) is 2.22. The smallest absolute Gasteiger partial charge is 0.0426 e. The normalized spacial score (nSPS) is 20.4. The van der Waals surface area contributed by atoms with Crippen molar-refractivity contribution in [3.05, 3.63) is 28.8 Å². The molecule has 2 heteroatoms. The van der Waals surface area contributed by atoms with Crippen molar-refractivity contribution >= 4 is 17.3 Å². The Kier molecular flexibility index (Phi) is 2.69. The largest absolute Gasteiger partial charge is 0.385 e. The highest BCUT2D eigenvalue weighted by molar-refractivity contribution is 6.30. The summed E-state index contributed by atoms with van der Waals surface area (Å²) in [7, 11) is 0. The second-order valence-corrected chi connectivity index (χ2v) is 4.73. The lowest BCUT2D eigenvalue weighted by Crippen LogP contribution is -2.20. The summed E-state index contributed by atoms with van der Waals surface area (Å²) in [5.74, 6) is 1.39. The third-order valence-corrected chi connectivity index (χ3v) is 3.23. The molecule has 0 radical (unpaired) electrons. The summed E-state index contributed by atoms with van der Waals surface area (Å²) < 4.78 is 0. The van der Waals surface area contributed by atoms with Gasteiger partial charge in [-0.3, -0.25) is 0 Å². The Labute approximate surface area is 90.5 Å². The monoisotopic (exact) mass is 209 g/mol. The van der Waals surface area contributed by atoms with Crippen molar-refractivity contribution in [2.24, 2.45) is 5.92 Å². The van der Waals surface area contributed by atoms with E-state index in [0.29, 0.717) is 11.8 Å². The molecule has 2 rings (SSSR count). The second-order valence-electron chi connectivity index (χ2n) is 4.30. The van der Waals surface area contributed by atoms with Crippen molar-refractivity contribution in [1.82, 2.24) is 0 Å². The van der Waals surface area contributed by atoms with E-state index >= 15 is 0 Å². The van der Waals surface area contributed by atoms with E-state index in [9.17, 15) is 0 Å². The van der Waals surface area contributed by atoms with Crippen LogP contribution in [0.15, 0.2) is 18.2 Å². The number of nitrogens with one attached hydrogen (secondary N) is 1. The summed E-state index contributed by atoms with van der Waals surface area (Å²) in [5, 5.41) is 4.22. The lowest BCUT2D eigenvalue weighted by atomic mass is 9.83. The highest BCUT2D eigenvalue weighted by Gasteiger charge is 2.22. The van der Waals surface area contributed by atoms with E-state index in [1.54, 1.807) is 0 Å². The van der Waals surface area contributed by atoms with E-state index in [2.05, 4.69) is 25.2 Å². The summed E-state index contributed by atoms with van der Waals surface area (Å²) >= 11 is 5.96. The molecule has 1 aromatic rings. The minimum Gasteiger partial charge on any atom is -0.385 e. The van der Waals surface area contributed by atoms with Gasteiger partial charge >= 0.3 is 0 Å². The molecule has 0 bridgehead atoms. The van der Waals surface area contributed by atoms with Gasteiger partial charge in [0.15, 0.2) is 0 Å². The lowest BCUT2D eigenvalue weighted by Gasteiger charge is -2.29. The van der Waals surface area contributed by atoms with Crippen LogP contribution < -0.4 is 5.32 Å². The van der Waals surface area contributed by atoms with E-state index < -0.39 is 0 Å². The predicted molar refractivity (Wildman–Crippen MR) is 62.1 cm³/mol. The van der Waals surface area contributed by atoms with Gasteiger partial charge in [-0.25, -0.2) is 0 Å². The van der Waals surface area contributed by atoms with Gasteiger partial charge in [0, 0.05) is 17.3 Å². The standard InChI is InChI=1S/C12H16ClN/c1-8(2)10-5-6-14-12-7-9(13)3-4-11(10)12/h3-4,7-8,10,14H,5-6H2,1-2H3/t10-/m1/s1. The van der Waals surface area contributed by atoms with Gasteiger partial charge in [-0.1, -0.05) is 31.5 Å². The van der Waals surface area contributed by atoms with Crippen LogP contribution in [0.25, 0.3) is 0 Å². The average molecular weight is 210 g/mol. The Balaban J connectivity index is 2.40. The van der Waals surface area contributed by atoms with Gasteiger partial charge in [-0.05, 0) is 36.0 Å². The molecule has 1 heterocycles. The van der Waals surface area contributed by atoms with Gasteiger partial charge in [0.2, 0.25) is 0 Å². The molecule has 1 aliphatic rings. The summed E-state index contributed by atoms with van der Waals surface area (Å²) in [5.41, 5.74) is 2.65. The van der Waals surface area contributed by atoms with Gasteiger partial charge in [-0.15, -0.1) is 0 Å². The zero-order valence-electron chi connectivity index (χ0n) is 8.68. The Bertz CT molecular complexity index is 333. The number of fused-ring (bicyclic) bond motifs is 1. The third kappa shape index (κ3) is 1.74. The molecule has 1 atom stereocenters. The summed E-state index contributed by atoms with van der Waals surface area (Å²) in [6.07, 6.45) is 1.23. The highest BCUT2D eigenvalue weighted by atomic mass is 35.5. The molecule has 14 heavy (non-hydrogen) atoms. The average Bonchev–Trinajstić information content (AvgIpc) is 2.16. The Morgan fingerprint density at radius 2 is 2.21 bits per heavy atom. The van der Waals surface area contributed by atoms with Crippen molar-refractivity contribution in [3.8, 4) is 0 Å². The van der Waals surface area contributed by atoms with Crippen molar-refractivity contribution < 1.29 is 0 Å². The lowest BCUT2D eigenvalue weighted by molar-refractivity contribution is 0.469. The first-order valence-corrected chi connectivity index (χ1v) is 5.59. The van der Waals surface area contributed by atoms with Gasteiger partial charge in [-0.2, -0.15) is 0 Å². The Morgan fingerprint density at radius 3 is 2.93 bits per heavy atom. The number of hydrogen-bond donors (Lipinski definition) is 1. The van der Waals surface area contributed by atoms with Crippen LogP contribution in [0.4, 0.5) is 5.69 Å². The SMILES string of the molecule is CC(C)[C@H]1CCNc2cc(Cl)ccc21. The molecule has 1 N–H and O–H groups in total. The van der Waals surface area contributed by atoms with Crippen LogP contribution in [0.2, 0.25) is 5.02 Å². The van der Waals surface area contributed by atoms with Gasteiger partial charge in [0.05, 0.1) is 0 Å². The Hall–Kier alpha value is -0.690. The fraction of sp³-hybridized carbons (Fsp3) is 0.500.